The number of ketones is 1. The maximum atomic E-state index is 13.0. The molecule has 1 fully saturated rings. The number of aryl methyl sites for hydroxylation is 1. The topological polar surface area (TPSA) is 29.5 Å². The third-order valence-electron chi connectivity index (χ3n) is 5.34. The van der Waals surface area contributed by atoms with E-state index in [-0.39, 0.29) is 23.5 Å². The lowest BCUT2D eigenvalue weighted by atomic mass is 9.78. The van der Waals surface area contributed by atoms with E-state index in [4.69, 9.17) is 4.74 Å². The van der Waals surface area contributed by atoms with Gasteiger partial charge in [-0.1, -0.05) is 39.0 Å². The molecule has 1 aromatic carbocycles. The van der Waals surface area contributed by atoms with Crippen molar-refractivity contribution in [3.63, 3.8) is 0 Å². The fourth-order valence-corrected chi connectivity index (χ4v) is 4.11. The number of fused-ring (bicyclic) bond motifs is 1. The number of nitrogens with zero attached hydrogens (tertiary/aromatic N) is 1. The van der Waals surface area contributed by atoms with Crippen molar-refractivity contribution < 1.29 is 9.53 Å². The van der Waals surface area contributed by atoms with Gasteiger partial charge in [0.15, 0.2) is 5.78 Å². The summed E-state index contributed by atoms with van der Waals surface area (Å²) in [5.74, 6) is 0.471. The number of hydrogen-bond acceptors (Lipinski definition) is 3. The van der Waals surface area contributed by atoms with E-state index in [0.717, 1.165) is 38.0 Å². The number of benzene rings is 1. The van der Waals surface area contributed by atoms with Gasteiger partial charge in [-0.25, -0.2) is 0 Å². The first-order valence-electron chi connectivity index (χ1n) is 9.29. The number of Topliss-reactive ketones (excluding diaryl/α,β-unsaturated/α-hetero) is 1. The van der Waals surface area contributed by atoms with Crippen LogP contribution in [-0.4, -0.2) is 42.5 Å². The number of hydrogen-bond donors (Lipinski definition) is 0. The summed E-state index contributed by atoms with van der Waals surface area (Å²) in [5, 5.41) is 0. The number of carbonyl (C=O) groups excluding carboxylic acids is 1. The molecule has 132 valence electrons. The highest BCUT2D eigenvalue weighted by Crippen LogP contribution is 2.31. The molecule has 1 heterocycles. The third-order valence-corrected chi connectivity index (χ3v) is 5.34. The van der Waals surface area contributed by atoms with Crippen LogP contribution >= 0.6 is 0 Å². The van der Waals surface area contributed by atoms with Crippen molar-refractivity contribution in [3.8, 4) is 0 Å². The summed E-state index contributed by atoms with van der Waals surface area (Å²) in [6.07, 6.45) is 2.51. The van der Waals surface area contributed by atoms with E-state index in [1.807, 2.05) is 0 Å². The Bertz CT molecular complexity index is 607. The van der Waals surface area contributed by atoms with Crippen molar-refractivity contribution in [3.05, 3.63) is 34.9 Å². The van der Waals surface area contributed by atoms with Gasteiger partial charge in [0.05, 0.1) is 12.2 Å². The minimum absolute atomic E-state index is 0.134. The van der Waals surface area contributed by atoms with Gasteiger partial charge in [0.1, 0.15) is 0 Å². The van der Waals surface area contributed by atoms with Gasteiger partial charge in [0.2, 0.25) is 0 Å². The predicted octanol–water partition coefficient (Wildman–Crippen LogP) is 3.84. The molecule has 24 heavy (non-hydrogen) atoms. The molecule has 0 radical (unpaired) electrons. The zero-order chi connectivity index (χ0) is 17.5. The van der Waals surface area contributed by atoms with Crippen LogP contribution in [0.1, 0.15) is 62.5 Å². The van der Waals surface area contributed by atoms with Crippen LogP contribution in [0.4, 0.5) is 0 Å². The Balaban J connectivity index is 1.73. The Morgan fingerprint density at radius 1 is 1.17 bits per heavy atom. The van der Waals surface area contributed by atoms with E-state index >= 15 is 0 Å². The molecule has 1 aliphatic heterocycles. The van der Waals surface area contributed by atoms with Crippen molar-refractivity contribution in [1.82, 2.24) is 4.90 Å². The van der Waals surface area contributed by atoms with Crippen molar-refractivity contribution >= 4 is 5.78 Å². The normalized spacial score (nSPS) is 28.7. The van der Waals surface area contributed by atoms with Gasteiger partial charge < -0.3 is 4.74 Å². The molecule has 2 aliphatic rings. The number of morpholine rings is 1. The molecule has 1 saturated heterocycles. The average Bonchev–Trinajstić information content (AvgIpc) is 2.48. The lowest BCUT2D eigenvalue weighted by Gasteiger charge is -2.37. The van der Waals surface area contributed by atoms with E-state index < -0.39 is 0 Å². The zero-order valence-corrected chi connectivity index (χ0v) is 15.8. The minimum atomic E-state index is 0.134. The van der Waals surface area contributed by atoms with Crippen molar-refractivity contribution in [2.75, 3.05) is 19.6 Å². The van der Waals surface area contributed by atoms with Gasteiger partial charge in [0.25, 0.3) is 0 Å². The van der Waals surface area contributed by atoms with Crippen molar-refractivity contribution in [2.24, 2.45) is 5.92 Å². The molecule has 0 saturated carbocycles. The second-order valence-corrected chi connectivity index (χ2v) is 8.70. The first-order chi connectivity index (χ1) is 11.2. The average molecular weight is 329 g/mol. The van der Waals surface area contributed by atoms with Crippen LogP contribution < -0.4 is 0 Å². The highest BCUT2D eigenvalue weighted by Gasteiger charge is 2.32. The smallest absolute Gasteiger partial charge is 0.167 e. The number of rotatable bonds is 2. The molecule has 1 aliphatic carbocycles. The summed E-state index contributed by atoms with van der Waals surface area (Å²) < 4.78 is 5.81. The van der Waals surface area contributed by atoms with Gasteiger partial charge >= 0.3 is 0 Å². The van der Waals surface area contributed by atoms with E-state index in [9.17, 15) is 4.79 Å². The monoisotopic (exact) mass is 329 g/mol. The van der Waals surface area contributed by atoms with Gasteiger partial charge in [-0.3, -0.25) is 9.69 Å². The second-order valence-electron chi connectivity index (χ2n) is 8.70. The lowest BCUT2D eigenvalue weighted by Crippen LogP contribution is -2.48. The maximum absolute atomic E-state index is 13.0. The first-order valence-corrected chi connectivity index (χ1v) is 9.29. The van der Waals surface area contributed by atoms with Gasteiger partial charge in [-0.15, -0.1) is 0 Å². The van der Waals surface area contributed by atoms with Crippen LogP contribution in [0.2, 0.25) is 0 Å². The highest BCUT2D eigenvalue weighted by atomic mass is 16.5. The standard InChI is InChI=1S/C21H31NO2/c1-14-11-22(12-15(2)24-14)13-17-7-6-16-10-18(21(3,4)5)8-9-19(16)20(17)23/h8-10,14-15,17H,6-7,11-13H2,1-5H3/t14-,15+,17?. The van der Waals surface area contributed by atoms with Gasteiger partial charge in [0, 0.05) is 31.1 Å². The molecule has 0 spiro atoms. The summed E-state index contributed by atoms with van der Waals surface area (Å²) in [6, 6.07) is 6.45. The molecule has 0 amide bonds. The molecule has 3 rings (SSSR count). The molecule has 0 N–H and O–H groups in total. The summed E-state index contributed by atoms with van der Waals surface area (Å²) in [5.41, 5.74) is 3.65. The van der Waals surface area contributed by atoms with Crippen LogP contribution in [0.5, 0.6) is 0 Å². The fraction of sp³-hybridized carbons (Fsp3) is 0.667. The van der Waals surface area contributed by atoms with Gasteiger partial charge in [-0.05, 0) is 43.2 Å². The predicted molar refractivity (Wildman–Crippen MR) is 97.7 cm³/mol. The molecule has 1 unspecified atom stereocenters. The van der Waals surface area contributed by atoms with Crippen LogP contribution in [0.15, 0.2) is 18.2 Å². The van der Waals surface area contributed by atoms with Crippen LogP contribution in [0, 0.1) is 5.92 Å². The molecular formula is C21H31NO2. The molecule has 0 aromatic heterocycles. The van der Waals surface area contributed by atoms with Crippen LogP contribution in [0.25, 0.3) is 0 Å². The number of ether oxygens (including phenoxy) is 1. The Morgan fingerprint density at radius 3 is 2.46 bits per heavy atom. The Hall–Kier alpha value is -1.19. The summed E-state index contributed by atoms with van der Waals surface area (Å²) in [6.45, 7) is 13.7. The Morgan fingerprint density at radius 2 is 1.83 bits per heavy atom. The third kappa shape index (κ3) is 3.73. The van der Waals surface area contributed by atoms with Crippen molar-refractivity contribution in [2.45, 2.75) is 65.1 Å². The Labute approximate surface area is 146 Å². The summed E-state index contributed by atoms with van der Waals surface area (Å²) in [7, 11) is 0. The number of carbonyl (C=O) groups is 1. The SMILES string of the molecule is C[C@@H]1CN(CC2CCc3cc(C(C)(C)C)ccc3C2=O)C[C@H](C)O1. The van der Waals surface area contributed by atoms with E-state index in [1.165, 1.54) is 11.1 Å². The fourth-order valence-electron chi connectivity index (χ4n) is 4.11. The molecule has 3 nitrogen and oxygen atoms in total. The molecule has 3 atom stereocenters. The molecule has 0 bridgehead atoms. The quantitative estimate of drug-likeness (QED) is 0.826. The first kappa shape index (κ1) is 17.6. The van der Waals surface area contributed by atoms with E-state index in [1.54, 1.807) is 0 Å². The molecule has 1 aromatic rings. The van der Waals surface area contributed by atoms with Gasteiger partial charge in [-0.2, -0.15) is 0 Å². The van der Waals surface area contributed by atoms with Crippen LogP contribution in [-0.2, 0) is 16.6 Å². The molecule has 3 heteroatoms. The molecular weight excluding hydrogens is 298 g/mol. The Kier molecular flexibility index (Phi) is 4.85. The van der Waals surface area contributed by atoms with Crippen molar-refractivity contribution in [1.29, 1.82) is 0 Å². The maximum Gasteiger partial charge on any atom is 0.167 e. The van der Waals surface area contributed by atoms with E-state index in [2.05, 4.69) is 57.7 Å². The second kappa shape index (κ2) is 6.61. The van der Waals surface area contributed by atoms with E-state index in [0.29, 0.717) is 5.78 Å². The van der Waals surface area contributed by atoms with Crippen LogP contribution in [0.3, 0.4) is 0 Å². The summed E-state index contributed by atoms with van der Waals surface area (Å²) in [4.78, 5) is 15.4. The largest absolute Gasteiger partial charge is 0.373 e. The minimum Gasteiger partial charge on any atom is -0.373 e. The highest BCUT2D eigenvalue weighted by molar-refractivity contribution is 6.00. The lowest BCUT2D eigenvalue weighted by molar-refractivity contribution is -0.0707. The zero-order valence-electron chi connectivity index (χ0n) is 15.8. The summed E-state index contributed by atoms with van der Waals surface area (Å²) >= 11 is 0.